The molecule has 126 valence electrons. The van der Waals surface area contributed by atoms with E-state index >= 15 is 0 Å². The molecular formula is C16H22N2O5. The fourth-order valence-electron chi connectivity index (χ4n) is 1.96. The number of aliphatic carboxylic acids is 1. The van der Waals surface area contributed by atoms with Gasteiger partial charge in [0, 0.05) is 12.1 Å². The monoisotopic (exact) mass is 322 g/mol. The van der Waals surface area contributed by atoms with Crippen LogP contribution >= 0.6 is 0 Å². The van der Waals surface area contributed by atoms with E-state index in [0.717, 1.165) is 0 Å². The number of carbonyl (C=O) groups is 3. The molecule has 0 aliphatic carbocycles. The van der Waals surface area contributed by atoms with Crippen molar-refractivity contribution in [3.63, 3.8) is 0 Å². The number of carboxylic acid groups (broad SMARTS) is 1. The van der Waals surface area contributed by atoms with E-state index in [1.54, 1.807) is 24.3 Å². The number of benzene rings is 1. The summed E-state index contributed by atoms with van der Waals surface area (Å²) in [5, 5.41) is 11.3. The van der Waals surface area contributed by atoms with Crippen molar-refractivity contribution >= 4 is 17.8 Å². The summed E-state index contributed by atoms with van der Waals surface area (Å²) in [7, 11) is 0. The molecule has 0 bridgehead atoms. The Labute approximate surface area is 135 Å². The fourth-order valence-corrected chi connectivity index (χ4v) is 1.96. The molecule has 1 aromatic rings. The van der Waals surface area contributed by atoms with E-state index in [9.17, 15) is 14.4 Å². The van der Waals surface area contributed by atoms with Crippen LogP contribution in [0.15, 0.2) is 24.3 Å². The lowest BCUT2D eigenvalue weighted by Crippen LogP contribution is -2.42. The van der Waals surface area contributed by atoms with Crippen LogP contribution in [0.25, 0.3) is 0 Å². The highest BCUT2D eigenvalue weighted by atomic mass is 16.5. The number of carbonyl (C=O) groups excluding carboxylic acids is 2. The maximum absolute atomic E-state index is 12.0. The van der Waals surface area contributed by atoms with Crippen LogP contribution in [-0.2, 0) is 9.59 Å². The standard InChI is InChI=1S/C16H22N2O5/c1-3-9-18(11-15(20)21)14(19)10-17-16(22)12-5-7-13(8-6-12)23-4-2/h5-8H,3-4,9-11H2,1-2H3,(H,17,22)(H,20,21). The number of hydrogen-bond donors (Lipinski definition) is 2. The van der Waals surface area contributed by atoms with Crippen molar-refractivity contribution in [3.8, 4) is 5.75 Å². The highest BCUT2D eigenvalue weighted by Gasteiger charge is 2.17. The van der Waals surface area contributed by atoms with Gasteiger partial charge < -0.3 is 20.1 Å². The maximum Gasteiger partial charge on any atom is 0.323 e. The molecule has 2 amide bonds. The van der Waals surface area contributed by atoms with Crippen LogP contribution in [0.5, 0.6) is 5.75 Å². The van der Waals surface area contributed by atoms with Gasteiger partial charge in [0.05, 0.1) is 13.2 Å². The van der Waals surface area contributed by atoms with Crippen LogP contribution in [0, 0.1) is 0 Å². The molecule has 1 rings (SSSR count). The lowest BCUT2D eigenvalue weighted by atomic mass is 10.2. The van der Waals surface area contributed by atoms with Crippen molar-refractivity contribution < 1.29 is 24.2 Å². The topological polar surface area (TPSA) is 95.9 Å². The van der Waals surface area contributed by atoms with Gasteiger partial charge in [0.2, 0.25) is 5.91 Å². The average Bonchev–Trinajstić information content (AvgIpc) is 2.52. The first-order chi connectivity index (χ1) is 11.0. The second kappa shape index (κ2) is 9.45. The third-order valence-electron chi connectivity index (χ3n) is 3.00. The van der Waals surface area contributed by atoms with Crippen LogP contribution in [0.3, 0.4) is 0 Å². The van der Waals surface area contributed by atoms with Crippen molar-refractivity contribution in [2.75, 3.05) is 26.2 Å². The molecule has 0 spiro atoms. The molecule has 0 aromatic heterocycles. The van der Waals surface area contributed by atoms with Crippen LogP contribution in [-0.4, -0.2) is 54.0 Å². The SMILES string of the molecule is CCCN(CC(=O)O)C(=O)CNC(=O)c1ccc(OCC)cc1. The number of carboxylic acids is 1. The Morgan fingerprint density at radius 3 is 2.35 bits per heavy atom. The van der Waals surface area contributed by atoms with E-state index in [4.69, 9.17) is 9.84 Å². The third kappa shape index (κ3) is 6.37. The normalized spacial score (nSPS) is 10.0. The number of amides is 2. The molecule has 1 aromatic carbocycles. The highest BCUT2D eigenvalue weighted by molar-refractivity contribution is 5.96. The molecule has 2 N–H and O–H groups in total. The summed E-state index contributed by atoms with van der Waals surface area (Å²) in [4.78, 5) is 35.9. The Kier molecular flexibility index (Phi) is 7.59. The predicted octanol–water partition coefficient (Wildman–Crippen LogP) is 1.14. The molecule has 7 nitrogen and oxygen atoms in total. The summed E-state index contributed by atoms with van der Waals surface area (Å²) >= 11 is 0. The summed E-state index contributed by atoms with van der Waals surface area (Å²) in [6.07, 6.45) is 0.645. The molecule has 0 fully saturated rings. The summed E-state index contributed by atoms with van der Waals surface area (Å²) in [6, 6.07) is 6.56. The van der Waals surface area contributed by atoms with Gasteiger partial charge in [0.1, 0.15) is 12.3 Å². The lowest BCUT2D eigenvalue weighted by molar-refractivity contribution is -0.144. The predicted molar refractivity (Wildman–Crippen MR) is 84.5 cm³/mol. The van der Waals surface area contributed by atoms with Gasteiger partial charge in [-0.2, -0.15) is 0 Å². The quantitative estimate of drug-likeness (QED) is 0.711. The van der Waals surface area contributed by atoms with E-state index in [-0.39, 0.29) is 13.1 Å². The zero-order valence-corrected chi connectivity index (χ0v) is 13.4. The minimum Gasteiger partial charge on any atom is -0.494 e. The van der Waals surface area contributed by atoms with E-state index in [1.807, 2.05) is 13.8 Å². The maximum atomic E-state index is 12.0. The zero-order chi connectivity index (χ0) is 17.2. The van der Waals surface area contributed by atoms with Crippen LogP contribution < -0.4 is 10.1 Å². The number of nitrogens with one attached hydrogen (secondary N) is 1. The van der Waals surface area contributed by atoms with Crippen molar-refractivity contribution in [2.45, 2.75) is 20.3 Å². The highest BCUT2D eigenvalue weighted by Crippen LogP contribution is 2.11. The van der Waals surface area contributed by atoms with Gasteiger partial charge in [-0.15, -0.1) is 0 Å². The Hall–Kier alpha value is -2.57. The van der Waals surface area contributed by atoms with Crippen molar-refractivity contribution in [2.24, 2.45) is 0 Å². The Bertz CT molecular complexity index is 542. The minimum absolute atomic E-state index is 0.237. The van der Waals surface area contributed by atoms with Gasteiger partial charge >= 0.3 is 5.97 Å². The number of nitrogens with zero attached hydrogens (tertiary/aromatic N) is 1. The van der Waals surface area contributed by atoms with Crippen molar-refractivity contribution in [3.05, 3.63) is 29.8 Å². The lowest BCUT2D eigenvalue weighted by Gasteiger charge is -2.20. The zero-order valence-electron chi connectivity index (χ0n) is 13.4. The molecule has 7 heteroatoms. The van der Waals surface area contributed by atoms with Crippen molar-refractivity contribution in [1.82, 2.24) is 10.2 Å². The van der Waals surface area contributed by atoms with Crippen LogP contribution in [0.4, 0.5) is 0 Å². The first kappa shape index (κ1) is 18.5. The average molecular weight is 322 g/mol. The molecule has 0 saturated heterocycles. The minimum atomic E-state index is -1.08. The molecule has 0 heterocycles. The molecule has 23 heavy (non-hydrogen) atoms. The summed E-state index contributed by atoms with van der Waals surface area (Å²) in [5.74, 6) is -1.23. The van der Waals surface area contributed by atoms with E-state index in [0.29, 0.717) is 30.9 Å². The second-order valence-corrected chi connectivity index (χ2v) is 4.85. The second-order valence-electron chi connectivity index (χ2n) is 4.85. The first-order valence-corrected chi connectivity index (χ1v) is 7.48. The number of ether oxygens (including phenoxy) is 1. The summed E-state index contributed by atoms with van der Waals surface area (Å²) in [5.41, 5.74) is 0.404. The van der Waals surface area contributed by atoms with Crippen LogP contribution in [0.1, 0.15) is 30.6 Å². The van der Waals surface area contributed by atoms with Gasteiger partial charge in [0.25, 0.3) is 5.91 Å². The van der Waals surface area contributed by atoms with Crippen LogP contribution in [0.2, 0.25) is 0 Å². The fraction of sp³-hybridized carbons (Fsp3) is 0.438. The molecule has 0 saturated carbocycles. The van der Waals surface area contributed by atoms with E-state index in [1.165, 1.54) is 4.90 Å². The first-order valence-electron chi connectivity index (χ1n) is 7.48. The molecule has 0 radical (unpaired) electrons. The van der Waals surface area contributed by atoms with Gasteiger partial charge in [-0.05, 0) is 37.6 Å². The van der Waals surface area contributed by atoms with E-state index in [2.05, 4.69) is 5.32 Å². The number of hydrogen-bond acceptors (Lipinski definition) is 4. The largest absolute Gasteiger partial charge is 0.494 e. The van der Waals surface area contributed by atoms with Crippen molar-refractivity contribution in [1.29, 1.82) is 0 Å². The summed E-state index contributed by atoms with van der Waals surface area (Å²) in [6.45, 7) is 3.98. The van der Waals surface area contributed by atoms with E-state index < -0.39 is 17.8 Å². The Balaban J connectivity index is 2.56. The molecule has 0 atom stereocenters. The molecule has 0 aliphatic heterocycles. The Morgan fingerprint density at radius 1 is 1.17 bits per heavy atom. The Morgan fingerprint density at radius 2 is 1.83 bits per heavy atom. The molecule has 0 unspecified atom stereocenters. The van der Waals surface area contributed by atoms with Gasteiger partial charge in [-0.25, -0.2) is 0 Å². The number of rotatable bonds is 9. The van der Waals surface area contributed by atoms with Gasteiger partial charge in [0.15, 0.2) is 0 Å². The third-order valence-corrected chi connectivity index (χ3v) is 3.00. The summed E-state index contributed by atoms with van der Waals surface area (Å²) < 4.78 is 5.29. The molecular weight excluding hydrogens is 300 g/mol. The van der Waals surface area contributed by atoms with Gasteiger partial charge in [-0.1, -0.05) is 6.92 Å². The smallest absolute Gasteiger partial charge is 0.323 e. The van der Waals surface area contributed by atoms with Gasteiger partial charge in [-0.3, -0.25) is 14.4 Å². The molecule has 0 aliphatic rings.